The first kappa shape index (κ1) is 14.8. The second-order valence-electron chi connectivity index (χ2n) is 4.21. The number of nitro groups is 1. The minimum absolute atomic E-state index is 0.0526. The molecule has 0 radical (unpaired) electrons. The van der Waals surface area contributed by atoms with Crippen molar-refractivity contribution in [2.45, 2.75) is 12.8 Å². The number of benzene rings is 2. The Morgan fingerprint density at radius 2 is 1.67 bits per heavy atom. The third-order valence-corrected chi connectivity index (χ3v) is 2.74. The van der Waals surface area contributed by atoms with Gasteiger partial charge in [-0.15, -0.1) is 0 Å². The van der Waals surface area contributed by atoms with Crippen LogP contribution < -0.4 is 4.74 Å². The Morgan fingerprint density at radius 3 is 2.24 bits per heavy atom. The fraction of sp³-hybridized carbons (Fsp3) is 0.143. The van der Waals surface area contributed by atoms with E-state index in [-0.39, 0.29) is 18.0 Å². The van der Waals surface area contributed by atoms with Gasteiger partial charge in [0.15, 0.2) is 5.75 Å². The van der Waals surface area contributed by atoms with Crippen molar-refractivity contribution in [2.24, 2.45) is 0 Å². The Bertz CT molecular complexity index is 639. The predicted octanol–water partition coefficient (Wildman–Crippen LogP) is 4.19. The quantitative estimate of drug-likeness (QED) is 0.628. The first-order valence-electron chi connectivity index (χ1n) is 5.90. The summed E-state index contributed by atoms with van der Waals surface area (Å²) in [5.74, 6) is 0.0717. The number of hydrogen-bond acceptors (Lipinski definition) is 3. The van der Waals surface area contributed by atoms with Gasteiger partial charge in [-0.1, -0.05) is 24.3 Å². The smallest absolute Gasteiger partial charge is 0.416 e. The molecule has 0 saturated carbocycles. The largest absolute Gasteiger partial charge is 0.482 e. The van der Waals surface area contributed by atoms with Crippen LogP contribution in [0.3, 0.4) is 0 Å². The van der Waals surface area contributed by atoms with Crippen LogP contribution in [-0.2, 0) is 12.8 Å². The van der Waals surface area contributed by atoms with Crippen molar-refractivity contribution in [3.05, 3.63) is 69.8 Å². The van der Waals surface area contributed by atoms with E-state index >= 15 is 0 Å². The summed E-state index contributed by atoms with van der Waals surface area (Å²) in [6, 6.07) is 10.2. The fourth-order valence-corrected chi connectivity index (χ4v) is 1.68. The zero-order chi connectivity index (χ0) is 15.5. The maximum Gasteiger partial charge on any atom is 0.416 e. The molecule has 0 unspecified atom stereocenters. The fourth-order valence-electron chi connectivity index (χ4n) is 1.68. The van der Waals surface area contributed by atoms with Gasteiger partial charge in [-0.3, -0.25) is 10.1 Å². The molecule has 4 nitrogen and oxygen atoms in total. The van der Waals surface area contributed by atoms with Crippen LogP contribution in [0.4, 0.5) is 18.9 Å². The summed E-state index contributed by atoms with van der Waals surface area (Å²) in [7, 11) is 0. The molecule has 2 rings (SSSR count). The molecule has 0 N–H and O–H groups in total. The highest BCUT2D eigenvalue weighted by Crippen LogP contribution is 2.30. The number of alkyl halides is 3. The molecule has 0 aromatic heterocycles. The summed E-state index contributed by atoms with van der Waals surface area (Å²) in [5, 5.41) is 10.8. The second-order valence-corrected chi connectivity index (χ2v) is 4.21. The van der Waals surface area contributed by atoms with Gasteiger partial charge < -0.3 is 4.74 Å². The summed E-state index contributed by atoms with van der Waals surface area (Å²) < 4.78 is 42.5. The number of para-hydroxylation sites is 2. The van der Waals surface area contributed by atoms with E-state index in [0.29, 0.717) is 5.56 Å². The van der Waals surface area contributed by atoms with Crippen molar-refractivity contribution in [2.75, 3.05) is 0 Å². The lowest BCUT2D eigenvalue weighted by atomic mass is 10.1. The van der Waals surface area contributed by atoms with Crippen LogP contribution in [0.5, 0.6) is 5.75 Å². The van der Waals surface area contributed by atoms with E-state index in [4.69, 9.17) is 4.74 Å². The zero-order valence-corrected chi connectivity index (χ0v) is 10.6. The van der Waals surface area contributed by atoms with E-state index in [9.17, 15) is 23.3 Å². The first-order chi connectivity index (χ1) is 9.88. The molecule has 2 aromatic rings. The molecule has 0 fully saturated rings. The Balaban J connectivity index is 2.09. The molecule has 0 saturated heterocycles. The minimum Gasteiger partial charge on any atom is -0.482 e. The van der Waals surface area contributed by atoms with Gasteiger partial charge in [-0.05, 0) is 23.8 Å². The molecule has 0 aliphatic carbocycles. The summed E-state index contributed by atoms with van der Waals surface area (Å²) >= 11 is 0. The Kier molecular flexibility index (Phi) is 4.11. The Morgan fingerprint density at radius 1 is 1.05 bits per heavy atom. The molecule has 0 spiro atoms. The summed E-state index contributed by atoms with van der Waals surface area (Å²) in [6.45, 7) is -0.0526. The van der Waals surface area contributed by atoms with Gasteiger partial charge in [0.25, 0.3) is 0 Å². The summed E-state index contributed by atoms with van der Waals surface area (Å²) in [4.78, 5) is 10.2. The molecule has 2 aromatic carbocycles. The van der Waals surface area contributed by atoms with Crippen LogP contribution in [-0.4, -0.2) is 4.92 Å². The van der Waals surface area contributed by atoms with Gasteiger partial charge in [0.2, 0.25) is 0 Å². The molecular weight excluding hydrogens is 287 g/mol. The van der Waals surface area contributed by atoms with Crippen molar-refractivity contribution in [1.82, 2.24) is 0 Å². The normalized spacial score (nSPS) is 11.2. The molecule has 21 heavy (non-hydrogen) atoms. The summed E-state index contributed by atoms with van der Waals surface area (Å²) in [5.41, 5.74) is -0.456. The van der Waals surface area contributed by atoms with Gasteiger partial charge >= 0.3 is 11.9 Å². The van der Waals surface area contributed by atoms with Gasteiger partial charge in [-0.25, -0.2) is 0 Å². The van der Waals surface area contributed by atoms with E-state index in [1.54, 1.807) is 6.07 Å². The Hall–Kier alpha value is -2.57. The maximum atomic E-state index is 12.4. The molecule has 0 heterocycles. The van der Waals surface area contributed by atoms with E-state index < -0.39 is 16.7 Å². The molecule has 0 amide bonds. The Labute approximate surface area is 117 Å². The lowest BCUT2D eigenvalue weighted by molar-refractivity contribution is -0.385. The lowest BCUT2D eigenvalue weighted by Gasteiger charge is -2.09. The molecule has 7 heteroatoms. The maximum absolute atomic E-state index is 12.4. The third kappa shape index (κ3) is 3.71. The van der Waals surface area contributed by atoms with E-state index in [2.05, 4.69) is 0 Å². The molecule has 0 aliphatic rings. The average molecular weight is 297 g/mol. The van der Waals surface area contributed by atoms with E-state index in [1.165, 1.54) is 30.3 Å². The molecular formula is C14H10F3NO3. The van der Waals surface area contributed by atoms with Crippen LogP contribution in [0.1, 0.15) is 11.1 Å². The van der Waals surface area contributed by atoms with E-state index in [1.807, 2.05) is 0 Å². The molecule has 0 atom stereocenters. The molecule has 0 bridgehead atoms. The lowest BCUT2D eigenvalue weighted by Crippen LogP contribution is -2.05. The number of hydrogen-bond donors (Lipinski definition) is 0. The standard InChI is InChI=1S/C14H10F3NO3/c15-14(16,17)11-7-5-10(6-8-11)9-21-13-4-2-1-3-12(13)18(19)20/h1-8H,9H2. The van der Waals surface area contributed by atoms with Crippen molar-refractivity contribution < 1.29 is 22.8 Å². The topological polar surface area (TPSA) is 52.4 Å². The number of nitrogens with zero attached hydrogens (tertiary/aromatic N) is 1. The first-order valence-corrected chi connectivity index (χ1v) is 5.90. The summed E-state index contributed by atoms with van der Waals surface area (Å²) in [6.07, 6.45) is -4.39. The van der Waals surface area contributed by atoms with Gasteiger partial charge in [0.1, 0.15) is 6.61 Å². The third-order valence-electron chi connectivity index (χ3n) is 2.74. The highest BCUT2D eigenvalue weighted by molar-refractivity contribution is 5.45. The van der Waals surface area contributed by atoms with Crippen LogP contribution >= 0.6 is 0 Å². The van der Waals surface area contributed by atoms with Crippen molar-refractivity contribution in [3.63, 3.8) is 0 Å². The van der Waals surface area contributed by atoms with Crippen LogP contribution in [0, 0.1) is 10.1 Å². The highest BCUT2D eigenvalue weighted by Gasteiger charge is 2.29. The molecule has 0 aliphatic heterocycles. The van der Waals surface area contributed by atoms with Crippen molar-refractivity contribution in [3.8, 4) is 5.75 Å². The highest BCUT2D eigenvalue weighted by atomic mass is 19.4. The van der Waals surface area contributed by atoms with Gasteiger partial charge in [0, 0.05) is 6.07 Å². The van der Waals surface area contributed by atoms with Crippen LogP contribution in [0.2, 0.25) is 0 Å². The molecule has 110 valence electrons. The average Bonchev–Trinajstić information content (AvgIpc) is 2.45. The number of rotatable bonds is 4. The number of ether oxygens (including phenoxy) is 1. The zero-order valence-electron chi connectivity index (χ0n) is 10.6. The van der Waals surface area contributed by atoms with Gasteiger partial charge in [0.05, 0.1) is 10.5 Å². The predicted molar refractivity (Wildman–Crippen MR) is 68.9 cm³/mol. The van der Waals surface area contributed by atoms with Crippen LogP contribution in [0.25, 0.3) is 0 Å². The van der Waals surface area contributed by atoms with Crippen LogP contribution in [0.15, 0.2) is 48.5 Å². The number of halogens is 3. The van der Waals surface area contributed by atoms with E-state index in [0.717, 1.165) is 12.1 Å². The minimum atomic E-state index is -4.39. The van der Waals surface area contributed by atoms with Crippen molar-refractivity contribution in [1.29, 1.82) is 0 Å². The SMILES string of the molecule is O=[N+]([O-])c1ccccc1OCc1ccc(C(F)(F)F)cc1. The second kappa shape index (κ2) is 5.82. The number of nitro benzene ring substituents is 1. The van der Waals surface area contributed by atoms with Gasteiger partial charge in [-0.2, -0.15) is 13.2 Å². The van der Waals surface area contributed by atoms with Crippen molar-refractivity contribution >= 4 is 5.69 Å². The monoisotopic (exact) mass is 297 g/mol.